The number of nitrogens with one attached hydrogen (secondary N) is 1. The van der Waals surface area contributed by atoms with E-state index in [1.807, 2.05) is 25.1 Å². The molecular weight excluding hydrogens is 200 g/mol. The van der Waals surface area contributed by atoms with Crippen molar-refractivity contribution in [2.24, 2.45) is 5.41 Å². The van der Waals surface area contributed by atoms with Crippen LogP contribution in [0.4, 0.5) is 0 Å². The highest BCUT2D eigenvalue weighted by atomic mass is 16.1. The van der Waals surface area contributed by atoms with Crippen LogP contribution in [0.1, 0.15) is 29.8 Å². The summed E-state index contributed by atoms with van der Waals surface area (Å²) in [6.45, 7) is 5.84. The van der Waals surface area contributed by atoms with E-state index < -0.39 is 5.41 Å². The van der Waals surface area contributed by atoms with Gasteiger partial charge in [-0.1, -0.05) is 18.2 Å². The smallest absolute Gasteiger partial charge is 0.251 e. The molecule has 0 aliphatic heterocycles. The van der Waals surface area contributed by atoms with Crippen molar-refractivity contribution in [1.29, 1.82) is 5.26 Å². The van der Waals surface area contributed by atoms with Crippen molar-refractivity contribution in [3.8, 4) is 6.07 Å². The Kier molecular flexibility index (Phi) is 3.68. The molecule has 0 atom stereocenters. The van der Waals surface area contributed by atoms with Crippen LogP contribution in [0.5, 0.6) is 0 Å². The highest BCUT2D eigenvalue weighted by molar-refractivity contribution is 5.95. The van der Waals surface area contributed by atoms with Crippen molar-refractivity contribution in [2.75, 3.05) is 6.54 Å². The van der Waals surface area contributed by atoms with E-state index in [1.165, 1.54) is 0 Å². The third-order valence-corrected chi connectivity index (χ3v) is 2.38. The monoisotopic (exact) mass is 216 g/mol. The third-order valence-electron chi connectivity index (χ3n) is 2.38. The summed E-state index contributed by atoms with van der Waals surface area (Å²) < 4.78 is 0. The Morgan fingerprint density at radius 1 is 1.44 bits per heavy atom. The first-order valence-electron chi connectivity index (χ1n) is 5.21. The number of carbonyl (C=O) groups is 1. The molecule has 0 aliphatic rings. The second-order valence-electron chi connectivity index (χ2n) is 4.49. The molecule has 0 radical (unpaired) electrons. The van der Waals surface area contributed by atoms with Gasteiger partial charge in [0, 0.05) is 12.1 Å². The summed E-state index contributed by atoms with van der Waals surface area (Å²) in [5, 5.41) is 11.6. The highest BCUT2D eigenvalue weighted by Gasteiger charge is 2.18. The van der Waals surface area contributed by atoms with Crippen molar-refractivity contribution in [1.82, 2.24) is 5.32 Å². The Bertz CT molecular complexity index is 430. The first kappa shape index (κ1) is 12.3. The van der Waals surface area contributed by atoms with Gasteiger partial charge in [0.05, 0.1) is 11.5 Å². The van der Waals surface area contributed by atoms with E-state index in [1.54, 1.807) is 19.9 Å². The van der Waals surface area contributed by atoms with Crippen molar-refractivity contribution in [3.63, 3.8) is 0 Å². The maximum Gasteiger partial charge on any atom is 0.251 e. The van der Waals surface area contributed by atoms with Gasteiger partial charge >= 0.3 is 0 Å². The van der Waals surface area contributed by atoms with Gasteiger partial charge in [-0.05, 0) is 32.4 Å². The Balaban J connectivity index is 2.68. The number of benzene rings is 1. The number of hydrogen-bond acceptors (Lipinski definition) is 2. The average Bonchev–Trinajstić information content (AvgIpc) is 2.27. The van der Waals surface area contributed by atoms with Crippen LogP contribution in [0.15, 0.2) is 24.3 Å². The molecule has 1 N–H and O–H groups in total. The maximum atomic E-state index is 11.8. The van der Waals surface area contributed by atoms with Gasteiger partial charge in [0.15, 0.2) is 0 Å². The first-order valence-corrected chi connectivity index (χ1v) is 5.21. The number of hydrogen-bond donors (Lipinski definition) is 1. The van der Waals surface area contributed by atoms with Crippen molar-refractivity contribution in [3.05, 3.63) is 35.4 Å². The van der Waals surface area contributed by atoms with Gasteiger partial charge in [0.2, 0.25) is 0 Å². The summed E-state index contributed by atoms with van der Waals surface area (Å²) >= 11 is 0. The molecular formula is C13H16N2O. The van der Waals surface area contributed by atoms with Crippen LogP contribution in [0, 0.1) is 23.7 Å². The first-order chi connectivity index (χ1) is 7.46. The van der Waals surface area contributed by atoms with E-state index in [0.29, 0.717) is 12.1 Å². The molecule has 0 unspecified atom stereocenters. The fraction of sp³-hybridized carbons (Fsp3) is 0.385. The van der Waals surface area contributed by atoms with E-state index in [-0.39, 0.29) is 5.91 Å². The summed E-state index contributed by atoms with van der Waals surface area (Å²) in [4.78, 5) is 11.8. The predicted molar refractivity (Wildman–Crippen MR) is 62.9 cm³/mol. The lowest BCUT2D eigenvalue weighted by molar-refractivity contribution is 0.0943. The lowest BCUT2D eigenvalue weighted by Crippen LogP contribution is -2.33. The van der Waals surface area contributed by atoms with Gasteiger partial charge < -0.3 is 5.32 Å². The zero-order chi connectivity index (χ0) is 12.2. The number of rotatable bonds is 3. The van der Waals surface area contributed by atoms with Crippen LogP contribution in [-0.4, -0.2) is 12.5 Å². The quantitative estimate of drug-likeness (QED) is 0.842. The van der Waals surface area contributed by atoms with Gasteiger partial charge in [-0.2, -0.15) is 5.26 Å². The van der Waals surface area contributed by atoms with E-state index >= 15 is 0 Å². The maximum absolute atomic E-state index is 11.8. The standard InChI is InChI=1S/C13H16N2O/c1-10-6-4-5-7-11(10)12(16)15-9-13(2,3)8-14/h4-7H,9H2,1-3H3,(H,15,16). The van der Waals surface area contributed by atoms with Crippen LogP contribution >= 0.6 is 0 Å². The van der Waals surface area contributed by atoms with E-state index in [0.717, 1.165) is 5.56 Å². The normalized spacial score (nSPS) is 10.6. The molecule has 0 saturated heterocycles. The fourth-order valence-electron chi connectivity index (χ4n) is 1.26. The SMILES string of the molecule is Cc1ccccc1C(=O)NCC(C)(C)C#N. The van der Waals surface area contributed by atoms with E-state index in [4.69, 9.17) is 5.26 Å². The summed E-state index contributed by atoms with van der Waals surface area (Å²) in [5.41, 5.74) is 1.07. The zero-order valence-corrected chi connectivity index (χ0v) is 9.87. The number of carbonyl (C=O) groups excluding carboxylic acids is 1. The van der Waals surface area contributed by atoms with Crippen LogP contribution in [-0.2, 0) is 0 Å². The molecule has 3 nitrogen and oxygen atoms in total. The molecule has 1 rings (SSSR count). The summed E-state index contributed by atoms with van der Waals surface area (Å²) in [7, 11) is 0. The molecule has 3 heteroatoms. The molecule has 16 heavy (non-hydrogen) atoms. The molecule has 0 aromatic heterocycles. The van der Waals surface area contributed by atoms with Crippen LogP contribution in [0.3, 0.4) is 0 Å². The van der Waals surface area contributed by atoms with Crippen LogP contribution in [0.2, 0.25) is 0 Å². The van der Waals surface area contributed by atoms with E-state index in [9.17, 15) is 4.79 Å². The Labute approximate surface area is 96.1 Å². The summed E-state index contributed by atoms with van der Waals surface area (Å²) in [5.74, 6) is -0.124. The number of nitriles is 1. The largest absolute Gasteiger partial charge is 0.350 e. The molecule has 0 spiro atoms. The fourth-order valence-corrected chi connectivity index (χ4v) is 1.26. The topological polar surface area (TPSA) is 52.9 Å². The van der Waals surface area contributed by atoms with Gasteiger partial charge in [0.25, 0.3) is 5.91 Å². The summed E-state index contributed by atoms with van der Waals surface area (Å²) in [6.07, 6.45) is 0. The lowest BCUT2D eigenvalue weighted by atomic mass is 9.96. The molecule has 0 aliphatic carbocycles. The second kappa shape index (κ2) is 4.80. The van der Waals surface area contributed by atoms with Gasteiger partial charge in [0.1, 0.15) is 0 Å². The molecule has 0 saturated carbocycles. The minimum absolute atomic E-state index is 0.124. The van der Waals surface area contributed by atoms with Crippen LogP contribution in [0.25, 0.3) is 0 Å². The molecule has 0 heterocycles. The number of nitrogens with zero attached hydrogens (tertiary/aromatic N) is 1. The van der Waals surface area contributed by atoms with E-state index in [2.05, 4.69) is 11.4 Å². The zero-order valence-electron chi connectivity index (χ0n) is 9.87. The average molecular weight is 216 g/mol. The second-order valence-corrected chi connectivity index (χ2v) is 4.49. The number of aryl methyl sites for hydroxylation is 1. The predicted octanol–water partition coefficient (Wildman–Crippen LogP) is 2.27. The molecule has 1 aromatic carbocycles. The van der Waals surface area contributed by atoms with Gasteiger partial charge in [-0.3, -0.25) is 4.79 Å². The minimum atomic E-state index is -0.529. The summed E-state index contributed by atoms with van der Waals surface area (Å²) in [6, 6.07) is 9.55. The Morgan fingerprint density at radius 2 is 2.06 bits per heavy atom. The van der Waals surface area contributed by atoms with Gasteiger partial charge in [-0.15, -0.1) is 0 Å². The molecule has 0 bridgehead atoms. The molecule has 84 valence electrons. The van der Waals surface area contributed by atoms with Crippen molar-refractivity contribution < 1.29 is 4.79 Å². The van der Waals surface area contributed by atoms with Crippen LogP contribution < -0.4 is 5.32 Å². The third kappa shape index (κ3) is 3.09. The van der Waals surface area contributed by atoms with Crippen molar-refractivity contribution >= 4 is 5.91 Å². The molecule has 0 fully saturated rings. The molecule has 1 aromatic rings. The Hall–Kier alpha value is -1.82. The molecule has 1 amide bonds. The lowest BCUT2D eigenvalue weighted by Gasteiger charge is -2.16. The van der Waals surface area contributed by atoms with Gasteiger partial charge in [-0.25, -0.2) is 0 Å². The van der Waals surface area contributed by atoms with Crippen molar-refractivity contribution in [2.45, 2.75) is 20.8 Å². The Morgan fingerprint density at radius 3 is 2.62 bits per heavy atom. The number of amides is 1. The minimum Gasteiger partial charge on any atom is -0.350 e. The highest BCUT2D eigenvalue weighted by Crippen LogP contribution is 2.12.